The molecular formula is C11H18N2O2S. The first kappa shape index (κ1) is 13.0. The second-order valence-electron chi connectivity index (χ2n) is 4.65. The lowest BCUT2D eigenvalue weighted by molar-refractivity contribution is 0.0525. The van der Waals surface area contributed by atoms with Crippen molar-refractivity contribution in [2.45, 2.75) is 39.2 Å². The van der Waals surface area contributed by atoms with Crippen LogP contribution in [0.25, 0.3) is 0 Å². The van der Waals surface area contributed by atoms with E-state index in [2.05, 4.69) is 10.3 Å². The number of rotatable bonds is 3. The van der Waals surface area contributed by atoms with Gasteiger partial charge in [0.25, 0.3) is 0 Å². The van der Waals surface area contributed by atoms with Crippen LogP contribution in [0, 0.1) is 0 Å². The third-order valence-electron chi connectivity index (χ3n) is 1.82. The molecule has 1 aromatic heterocycles. The van der Waals surface area contributed by atoms with Gasteiger partial charge < -0.3 is 10.1 Å². The number of alkyl carbamates (subject to hydrolysis) is 1. The van der Waals surface area contributed by atoms with Crippen LogP contribution < -0.4 is 5.32 Å². The second kappa shape index (κ2) is 5.30. The van der Waals surface area contributed by atoms with Crippen LogP contribution in [0.4, 0.5) is 4.79 Å². The number of nitrogens with zero attached hydrogens (tertiary/aromatic N) is 1. The van der Waals surface area contributed by atoms with Crippen molar-refractivity contribution in [2.75, 3.05) is 6.54 Å². The molecule has 1 atom stereocenters. The highest BCUT2D eigenvalue weighted by atomic mass is 32.1. The summed E-state index contributed by atoms with van der Waals surface area (Å²) in [5, 5.41) is 5.69. The van der Waals surface area contributed by atoms with Crippen LogP contribution in [0.1, 0.15) is 38.6 Å². The fraction of sp³-hybridized carbons (Fsp3) is 0.636. The number of hydrogen-bond acceptors (Lipinski definition) is 4. The van der Waals surface area contributed by atoms with Gasteiger partial charge >= 0.3 is 6.09 Å². The van der Waals surface area contributed by atoms with Crippen molar-refractivity contribution in [3.8, 4) is 0 Å². The minimum Gasteiger partial charge on any atom is -0.444 e. The monoisotopic (exact) mass is 242 g/mol. The van der Waals surface area contributed by atoms with Gasteiger partial charge in [-0.25, -0.2) is 9.78 Å². The predicted octanol–water partition coefficient (Wildman–Crippen LogP) is 2.77. The van der Waals surface area contributed by atoms with E-state index >= 15 is 0 Å². The molecule has 1 amide bonds. The van der Waals surface area contributed by atoms with Crippen LogP contribution in [0.2, 0.25) is 0 Å². The molecule has 1 N–H and O–H groups in total. The van der Waals surface area contributed by atoms with Crippen molar-refractivity contribution >= 4 is 17.4 Å². The van der Waals surface area contributed by atoms with E-state index in [4.69, 9.17) is 4.74 Å². The van der Waals surface area contributed by atoms with Crippen LogP contribution in [0.15, 0.2) is 11.6 Å². The maximum Gasteiger partial charge on any atom is 0.407 e. The Hall–Kier alpha value is -1.10. The minimum absolute atomic E-state index is 0.215. The Balaban J connectivity index is 2.32. The van der Waals surface area contributed by atoms with Crippen LogP contribution >= 0.6 is 11.3 Å². The van der Waals surface area contributed by atoms with E-state index < -0.39 is 5.60 Å². The Morgan fingerprint density at radius 3 is 2.81 bits per heavy atom. The average molecular weight is 242 g/mol. The molecule has 90 valence electrons. The number of amides is 1. The number of thiazole rings is 1. The Kier molecular flexibility index (Phi) is 4.29. The van der Waals surface area contributed by atoms with Crippen molar-refractivity contribution in [3.63, 3.8) is 0 Å². The Labute approximate surface area is 100 Å². The van der Waals surface area contributed by atoms with Gasteiger partial charge in [-0.1, -0.05) is 6.92 Å². The lowest BCUT2D eigenvalue weighted by atomic mass is 10.2. The smallest absolute Gasteiger partial charge is 0.407 e. The lowest BCUT2D eigenvalue weighted by Gasteiger charge is -2.20. The van der Waals surface area contributed by atoms with E-state index in [1.165, 1.54) is 0 Å². The summed E-state index contributed by atoms with van der Waals surface area (Å²) in [4.78, 5) is 15.6. The van der Waals surface area contributed by atoms with Gasteiger partial charge in [0.05, 0.1) is 5.01 Å². The molecule has 0 saturated carbocycles. The zero-order valence-corrected chi connectivity index (χ0v) is 10.9. The number of hydrogen-bond donors (Lipinski definition) is 1. The molecule has 1 aromatic rings. The minimum atomic E-state index is -0.450. The van der Waals surface area contributed by atoms with E-state index in [1.54, 1.807) is 17.5 Å². The molecule has 0 saturated heterocycles. The van der Waals surface area contributed by atoms with Crippen molar-refractivity contribution < 1.29 is 9.53 Å². The highest BCUT2D eigenvalue weighted by Gasteiger charge is 2.17. The second-order valence-corrected chi connectivity index (χ2v) is 5.58. The largest absolute Gasteiger partial charge is 0.444 e. The zero-order valence-electron chi connectivity index (χ0n) is 10.1. The van der Waals surface area contributed by atoms with Crippen molar-refractivity contribution in [3.05, 3.63) is 16.6 Å². The molecule has 0 spiro atoms. The van der Waals surface area contributed by atoms with Crippen molar-refractivity contribution in [1.29, 1.82) is 0 Å². The molecule has 0 bridgehead atoms. The van der Waals surface area contributed by atoms with Crippen molar-refractivity contribution in [2.24, 2.45) is 0 Å². The van der Waals surface area contributed by atoms with Crippen molar-refractivity contribution in [1.82, 2.24) is 10.3 Å². The van der Waals surface area contributed by atoms with E-state index in [0.717, 1.165) is 5.01 Å². The highest BCUT2D eigenvalue weighted by Crippen LogP contribution is 2.16. The first-order valence-electron chi connectivity index (χ1n) is 5.25. The van der Waals surface area contributed by atoms with Gasteiger partial charge in [-0.3, -0.25) is 0 Å². The van der Waals surface area contributed by atoms with Crippen LogP contribution in [0.3, 0.4) is 0 Å². The number of nitrogens with one attached hydrogen (secondary N) is 1. The molecule has 1 unspecified atom stereocenters. The summed E-state index contributed by atoms with van der Waals surface area (Å²) in [6.07, 6.45) is 1.39. The number of aromatic nitrogens is 1. The summed E-state index contributed by atoms with van der Waals surface area (Å²) in [6, 6.07) is 0. The van der Waals surface area contributed by atoms with Gasteiger partial charge in [0, 0.05) is 24.0 Å². The van der Waals surface area contributed by atoms with E-state index in [9.17, 15) is 4.79 Å². The first-order chi connectivity index (χ1) is 7.38. The molecule has 0 aliphatic heterocycles. The molecule has 0 radical (unpaired) electrons. The van der Waals surface area contributed by atoms with Gasteiger partial charge in [-0.05, 0) is 20.8 Å². The summed E-state index contributed by atoms with van der Waals surface area (Å²) in [5.41, 5.74) is -0.450. The first-order valence-corrected chi connectivity index (χ1v) is 6.12. The predicted molar refractivity (Wildman–Crippen MR) is 64.8 cm³/mol. The molecule has 1 heterocycles. The van der Waals surface area contributed by atoms with Crippen LogP contribution in [0.5, 0.6) is 0 Å². The lowest BCUT2D eigenvalue weighted by Crippen LogP contribution is -2.34. The van der Waals surface area contributed by atoms with E-state index in [0.29, 0.717) is 6.54 Å². The summed E-state index contributed by atoms with van der Waals surface area (Å²) in [7, 11) is 0. The highest BCUT2D eigenvalue weighted by molar-refractivity contribution is 7.09. The molecule has 0 aromatic carbocycles. The molecule has 4 nitrogen and oxygen atoms in total. The van der Waals surface area contributed by atoms with Crippen LogP contribution in [-0.4, -0.2) is 23.2 Å². The fourth-order valence-corrected chi connectivity index (χ4v) is 1.81. The maximum absolute atomic E-state index is 11.4. The van der Waals surface area contributed by atoms with Gasteiger partial charge in [-0.2, -0.15) is 0 Å². The van der Waals surface area contributed by atoms with Gasteiger partial charge in [-0.15, -0.1) is 11.3 Å². The normalized spacial score (nSPS) is 13.2. The summed E-state index contributed by atoms with van der Waals surface area (Å²) < 4.78 is 5.14. The molecule has 1 rings (SSSR count). The molecule has 0 fully saturated rings. The zero-order chi connectivity index (χ0) is 12.2. The Morgan fingerprint density at radius 2 is 2.31 bits per heavy atom. The van der Waals surface area contributed by atoms with E-state index in [1.807, 2.05) is 33.1 Å². The third-order valence-corrected chi connectivity index (χ3v) is 2.83. The molecule has 5 heteroatoms. The van der Waals surface area contributed by atoms with E-state index in [-0.39, 0.29) is 12.0 Å². The number of ether oxygens (including phenoxy) is 1. The molecule has 0 aliphatic rings. The average Bonchev–Trinajstić information content (AvgIpc) is 2.64. The SMILES string of the molecule is CC(CNC(=O)OC(C)(C)C)c1nccs1. The van der Waals surface area contributed by atoms with Gasteiger partial charge in [0.2, 0.25) is 0 Å². The third kappa shape index (κ3) is 4.61. The molecule has 0 aliphatic carbocycles. The molecular weight excluding hydrogens is 224 g/mol. The number of carbonyl (C=O) groups is 1. The Morgan fingerprint density at radius 1 is 1.62 bits per heavy atom. The number of carbonyl (C=O) groups excluding carboxylic acids is 1. The topological polar surface area (TPSA) is 51.2 Å². The standard InChI is InChI=1S/C11H18N2O2S/c1-8(9-12-5-6-16-9)7-13-10(14)15-11(2,3)4/h5-6,8H,7H2,1-4H3,(H,13,14). The Bertz CT molecular complexity index is 330. The van der Waals surface area contributed by atoms with Gasteiger partial charge in [0.15, 0.2) is 0 Å². The quantitative estimate of drug-likeness (QED) is 0.886. The molecule has 16 heavy (non-hydrogen) atoms. The van der Waals surface area contributed by atoms with Crippen LogP contribution in [-0.2, 0) is 4.74 Å². The summed E-state index contributed by atoms with van der Waals surface area (Å²) in [5.74, 6) is 0.215. The summed E-state index contributed by atoms with van der Waals surface area (Å²) in [6.45, 7) is 8.10. The maximum atomic E-state index is 11.4. The summed E-state index contributed by atoms with van der Waals surface area (Å²) >= 11 is 1.59. The van der Waals surface area contributed by atoms with Gasteiger partial charge in [0.1, 0.15) is 5.60 Å². The fourth-order valence-electron chi connectivity index (χ4n) is 1.12.